The number of tetrazole rings is 1. The number of carbonyl (C=O) groups excluding carboxylic acids is 1. The van der Waals surface area contributed by atoms with Crippen LogP contribution in [-0.2, 0) is 11.3 Å². The lowest BCUT2D eigenvalue weighted by Crippen LogP contribution is -2.28. The zero-order chi connectivity index (χ0) is 21.0. The minimum Gasteiger partial charge on any atom is -0.494 e. The van der Waals surface area contributed by atoms with E-state index in [1.165, 1.54) is 24.9 Å². The van der Waals surface area contributed by atoms with Crippen LogP contribution >= 0.6 is 11.8 Å². The molecule has 0 unspecified atom stereocenters. The van der Waals surface area contributed by atoms with Crippen molar-refractivity contribution in [2.24, 2.45) is 0 Å². The Hall–Kier alpha value is -2.94. The highest BCUT2D eigenvalue weighted by Crippen LogP contribution is 2.22. The molecule has 1 amide bonds. The summed E-state index contributed by atoms with van der Waals surface area (Å²) in [5.74, 6) is -0.216. The van der Waals surface area contributed by atoms with E-state index >= 15 is 0 Å². The molecule has 1 heterocycles. The van der Waals surface area contributed by atoms with Gasteiger partial charge < -0.3 is 9.64 Å². The molecule has 0 radical (unpaired) electrons. The second-order valence-corrected chi connectivity index (χ2v) is 7.61. The number of hydrogen-bond acceptors (Lipinski definition) is 6. The lowest BCUT2D eigenvalue weighted by Gasteiger charge is -2.17. The Morgan fingerprint density at radius 2 is 2.03 bits per heavy atom. The van der Waals surface area contributed by atoms with E-state index in [0.29, 0.717) is 17.3 Å². The van der Waals surface area contributed by atoms with Crippen LogP contribution in [-0.4, -0.2) is 50.9 Å². The minimum atomic E-state index is -0.451. The van der Waals surface area contributed by atoms with Crippen LogP contribution in [0.25, 0.3) is 5.69 Å². The first kappa shape index (κ1) is 20.8. The Kier molecular flexibility index (Phi) is 6.48. The smallest absolute Gasteiger partial charge is 0.233 e. The van der Waals surface area contributed by atoms with E-state index in [9.17, 15) is 9.18 Å². The molecule has 0 N–H and O–H groups in total. The van der Waals surface area contributed by atoms with E-state index in [1.54, 1.807) is 28.8 Å². The molecule has 152 valence electrons. The number of rotatable bonds is 7. The van der Waals surface area contributed by atoms with Gasteiger partial charge >= 0.3 is 0 Å². The Morgan fingerprint density at radius 3 is 2.72 bits per heavy atom. The van der Waals surface area contributed by atoms with Gasteiger partial charge in [0.15, 0.2) is 11.6 Å². The van der Waals surface area contributed by atoms with Crippen LogP contribution in [0.3, 0.4) is 0 Å². The van der Waals surface area contributed by atoms with E-state index in [-0.39, 0.29) is 17.4 Å². The van der Waals surface area contributed by atoms with Gasteiger partial charge in [0.25, 0.3) is 0 Å². The summed E-state index contributed by atoms with van der Waals surface area (Å²) < 4.78 is 20.4. The van der Waals surface area contributed by atoms with Gasteiger partial charge in [0.05, 0.1) is 18.6 Å². The number of methoxy groups -OCH3 is 1. The molecule has 3 aromatic rings. The predicted octanol–water partition coefficient (Wildman–Crippen LogP) is 3.18. The number of thioether (sulfide) groups is 1. The number of nitrogens with zero attached hydrogens (tertiary/aromatic N) is 5. The molecule has 7 nitrogen and oxygen atoms in total. The van der Waals surface area contributed by atoms with Gasteiger partial charge in [-0.05, 0) is 53.6 Å². The van der Waals surface area contributed by atoms with Gasteiger partial charge in [0, 0.05) is 13.6 Å². The highest BCUT2D eigenvalue weighted by Gasteiger charge is 2.16. The fourth-order valence-corrected chi connectivity index (χ4v) is 3.69. The SMILES string of the molecule is COc1ccc(CN(C)C(=O)CSc2nnnn2-c2ccc(C)cc2C)cc1F. The average Bonchev–Trinajstić information content (AvgIpc) is 3.14. The van der Waals surface area contributed by atoms with E-state index < -0.39 is 5.82 Å². The van der Waals surface area contributed by atoms with Gasteiger partial charge in [-0.25, -0.2) is 4.39 Å². The summed E-state index contributed by atoms with van der Waals surface area (Å²) >= 11 is 1.26. The van der Waals surface area contributed by atoms with Crippen LogP contribution in [0.1, 0.15) is 16.7 Å². The summed E-state index contributed by atoms with van der Waals surface area (Å²) in [6.45, 7) is 4.31. The van der Waals surface area contributed by atoms with Crippen molar-refractivity contribution in [2.75, 3.05) is 19.9 Å². The Bertz CT molecular complexity index is 1020. The van der Waals surface area contributed by atoms with Gasteiger partial charge in [-0.15, -0.1) is 5.10 Å². The molecular formula is C20H22FN5O2S. The molecule has 0 bridgehead atoms. The fraction of sp³-hybridized carbons (Fsp3) is 0.300. The highest BCUT2D eigenvalue weighted by molar-refractivity contribution is 7.99. The van der Waals surface area contributed by atoms with Crippen molar-refractivity contribution in [3.63, 3.8) is 0 Å². The first-order valence-electron chi connectivity index (χ1n) is 8.94. The summed E-state index contributed by atoms with van der Waals surface area (Å²) in [4.78, 5) is 14.1. The largest absolute Gasteiger partial charge is 0.494 e. The van der Waals surface area contributed by atoms with Gasteiger partial charge in [0.1, 0.15) is 0 Å². The van der Waals surface area contributed by atoms with Crippen LogP contribution in [0.15, 0.2) is 41.6 Å². The molecule has 29 heavy (non-hydrogen) atoms. The standard InChI is InChI=1S/C20H22FN5O2S/c1-13-5-7-17(14(2)9-13)26-20(22-23-24-26)29-12-19(27)25(3)11-15-6-8-18(28-4)16(21)10-15/h5-10H,11-12H2,1-4H3. The molecule has 0 aliphatic rings. The van der Waals surface area contributed by atoms with Gasteiger partial charge in [0.2, 0.25) is 11.1 Å². The van der Waals surface area contributed by atoms with Crippen molar-refractivity contribution in [2.45, 2.75) is 25.5 Å². The molecule has 0 spiro atoms. The summed E-state index contributed by atoms with van der Waals surface area (Å²) in [5.41, 5.74) is 3.76. The molecule has 9 heteroatoms. The van der Waals surface area contributed by atoms with Crippen LogP contribution in [0, 0.1) is 19.7 Å². The van der Waals surface area contributed by atoms with Crippen LogP contribution in [0.2, 0.25) is 0 Å². The van der Waals surface area contributed by atoms with E-state index in [1.807, 2.05) is 26.0 Å². The topological polar surface area (TPSA) is 73.1 Å². The first-order chi connectivity index (χ1) is 13.9. The van der Waals surface area contributed by atoms with Crippen molar-refractivity contribution in [1.82, 2.24) is 25.1 Å². The number of halogens is 1. The molecule has 1 aromatic heterocycles. The lowest BCUT2D eigenvalue weighted by atomic mass is 10.1. The molecule has 0 aliphatic carbocycles. The van der Waals surface area contributed by atoms with Crippen LogP contribution in [0.4, 0.5) is 4.39 Å². The van der Waals surface area contributed by atoms with Crippen LogP contribution < -0.4 is 4.74 Å². The zero-order valence-corrected chi connectivity index (χ0v) is 17.5. The third kappa shape index (κ3) is 4.92. The van der Waals surface area contributed by atoms with Crippen molar-refractivity contribution >= 4 is 17.7 Å². The Labute approximate surface area is 172 Å². The fourth-order valence-electron chi connectivity index (χ4n) is 2.87. The number of carbonyl (C=O) groups is 1. The van der Waals surface area contributed by atoms with Crippen LogP contribution in [0.5, 0.6) is 5.75 Å². The lowest BCUT2D eigenvalue weighted by molar-refractivity contribution is -0.127. The molecule has 0 fully saturated rings. The van der Waals surface area contributed by atoms with Crippen molar-refractivity contribution < 1.29 is 13.9 Å². The zero-order valence-electron chi connectivity index (χ0n) is 16.7. The Balaban J connectivity index is 1.64. The van der Waals surface area contributed by atoms with Gasteiger partial charge in [-0.2, -0.15) is 4.68 Å². The van der Waals surface area contributed by atoms with Gasteiger partial charge in [-0.3, -0.25) is 4.79 Å². The monoisotopic (exact) mass is 415 g/mol. The quantitative estimate of drug-likeness (QED) is 0.552. The number of aryl methyl sites for hydroxylation is 2. The molecule has 0 aliphatic heterocycles. The number of ether oxygens (including phenoxy) is 1. The molecule has 0 saturated carbocycles. The summed E-state index contributed by atoms with van der Waals surface area (Å²) in [6.07, 6.45) is 0. The first-order valence-corrected chi connectivity index (χ1v) is 9.92. The summed E-state index contributed by atoms with van der Waals surface area (Å²) in [5, 5.41) is 12.4. The second kappa shape index (κ2) is 9.04. The average molecular weight is 415 g/mol. The van der Waals surface area contributed by atoms with E-state index in [2.05, 4.69) is 21.6 Å². The second-order valence-electron chi connectivity index (χ2n) is 6.67. The third-order valence-electron chi connectivity index (χ3n) is 4.41. The van der Waals surface area contributed by atoms with Gasteiger partial charge in [-0.1, -0.05) is 35.5 Å². The molecule has 3 rings (SSSR count). The third-order valence-corrected chi connectivity index (χ3v) is 5.31. The van der Waals surface area contributed by atoms with Crippen molar-refractivity contribution in [1.29, 1.82) is 0 Å². The number of aromatic nitrogens is 4. The van der Waals surface area contributed by atoms with E-state index in [0.717, 1.165) is 16.8 Å². The minimum absolute atomic E-state index is 0.110. The normalized spacial score (nSPS) is 10.8. The molecule has 0 saturated heterocycles. The molecule has 2 aromatic carbocycles. The van der Waals surface area contributed by atoms with E-state index in [4.69, 9.17) is 4.74 Å². The number of amides is 1. The van der Waals surface area contributed by atoms with Crippen molar-refractivity contribution in [3.05, 3.63) is 58.9 Å². The maximum atomic E-state index is 13.8. The maximum absolute atomic E-state index is 13.8. The maximum Gasteiger partial charge on any atom is 0.233 e. The highest BCUT2D eigenvalue weighted by atomic mass is 32.2. The Morgan fingerprint density at radius 1 is 1.24 bits per heavy atom. The molecule has 0 atom stereocenters. The predicted molar refractivity (Wildman–Crippen MR) is 109 cm³/mol. The summed E-state index contributed by atoms with van der Waals surface area (Å²) in [6, 6.07) is 10.7. The molecular weight excluding hydrogens is 393 g/mol. The van der Waals surface area contributed by atoms with Crippen molar-refractivity contribution in [3.8, 4) is 11.4 Å². The number of benzene rings is 2. The summed E-state index contributed by atoms with van der Waals surface area (Å²) in [7, 11) is 3.09. The number of hydrogen-bond donors (Lipinski definition) is 0.